The van der Waals surface area contributed by atoms with Crippen molar-refractivity contribution in [2.24, 2.45) is 0 Å². The standard InChI is InChI=1S/C17H18O2/c1-2-17(12-13-18-17)19-16-11-7-6-10-15(16)14-8-4-3-5-9-14/h3-11H,2,12-13H2,1H3. The molecule has 1 atom stereocenters. The van der Waals surface area contributed by atoms with Gasteiger partial charge in [-0.25, -0.2) is 0 Å². The largest absolute Gasteiger partial charge is 0.462 e. The van der Waals surface area contributed by atoms with Crippen LogP contribution in [0.25, 0.3) is 11.1 Å². The summed E-state index contributed by atoms with van der Waals surface area (Å²) in [6.07, 6.45) is 1.84. The summed E-state index contributed by atoms with van der Waals surface area (Å²) in [6.45, 7) is 2.89. The molecule has 19 heavy (non-hydrogen) atoms. The van der Waals surface area contributed by atoms with Gasteiger partial charge in [-0.15, -0.1) is 0 Å². The average Bonchev–Trinajstić information content (AvgIpc) is 2.44. The fourth-order valence-electron chi connectivity index (χ4n) is 2.37. The van der Waals surface area contributed by atoms with Gasteiger partial charge in [0.15, 0.2) is 0 Å². The first-order valence-corrected chi connectivity index (χ1v) is 6.80. The number of para-hydroxylation sites is 1. The lowest BCUT2D eigenvalue weighted by atomic mass is 10.0. The number of hydrogen-bond donors (Lipinski definition) is 0. The molecule has 98 valence electrons. The Kier molecular flexibility index (Phi) is 3.26. The molecule has 1 unspecified atom stereocenters. The number of benzene rings is 2. The van der Waals surface area contributed by atoms with Crippen LogP contribution in [0.5, 0.6) is 5.75 Å². The Balaban J connectivity index is 1.94. The quantitative estimate of drug-likeness (QED) is 0.811. The van der Waals surface area contributed by atoms with Crippen molar-refractivity contribution >= 4 is 0 Å². The van der Waals surface area contributed by atoms with Gasteiger partial charge in [0.2, 0.25) is 5.79 Å². The third-order valence-corrected chi connectivity index (χ3v) is 3.65. The molecule has 2 nitrogen and oxygen atoms in total. The van der Waals surface area contributed by atoms with Crippen LogP contribution in [0, 0.1) is 0 Å². The molecule has 2 aromatic carbocycles. The summed E-state index contributed by atoms with van der Waals surface area (Å²) in [5.74, 6) is 0.487. The van der Waals surface area contributed by atoms with Crippen molar-refractivity contribution in [3.05, 3.63) is 54.6 Å². The van der Waals surface area contributed by atoms with Crippen molar-refractivity contribution < 1.29 is 9.47 Å². The van der Waals surface area contributed by atoms with Crippen molar-refractivity contribution in [2.75, 3.05) is 6.61 Å². The maximum atomic E-state index is 6.15. The minimum Gasteiger partial charge on any atom is -0.462 e. The van der Waals surface area contributed by atoms with E-state index in [0.29, 0.717) is 0 Å². The predicted octanol–water partition coefficient (Wildman–Crippen LogP) is 4.26. The molecule has 2 aromatic rings. The molecular formula is C17H18O2. The van der Waals surface area contributed by atoms with Crippen molar-refractivity contribution in [3.8, 4) is 16.9 Å². The zero-order valence-corrected chi connectivity index (χ0v) is 11.1. The first kappa shape index (κ1) is 12.2. The summed E-state index contributed by atoms with van der Waals surface area (Å²) in [5.41, 5.74) is 2.29. The molecule has 1 heterocycles. The highest BCUT2D eigenvalue weighted by molar-refractivity contribution is 5.70. The molecule has 0 N–H and O–H groups in total. The summed E-state index contributed by atoms with van der Waals surface area (Å²) in [5, 5.41) is 0. The van der Waals surface area contributed by atoms with Crippen LogP contribution in [0.2, 0.25) is 0 Å². The van der Waals surface area contributed by atoms with Gasteiger partial charge in [-0.2, -0.15) is 0 Å². The van der Waals surface area contributed by atoms with Crippen LogP contribution >= 0.6 is 0 Å². The Morgan fingerprint density at radius 2 is 1.74 bits per heavy atom. The van der Waals surface area contributed by atoms with Gasteiger partial charge in [-0.3, -0.25) is 0 Å². The average molecular weight is 254 g/mol. The summed E-state index contributed by atoms with van der Waals surface area (Å²) in [6, 6.07) is 18.5. The lowest BCUT2D eigenvalue weighted by molar-refractivity contribution is -0.264. The predicted molar refractivity (Wildman–Crippen MR) is 76.1 cm³/mol. The number of ether oxygens (including phenoxy) is 2. The highest BCUT2D eigenvalue weighted by atomic mass is 16.7. The monoisotopic (exact) mass is 254 g/mol. The highest BCUT2D eigenvalue weighted by Gasteiger charge is 2.39. The topological polar surface area (TPSA) is 18.5 Å². The Morgan fingerprint density at radius 1 is 1.05 bits per heavy atom. The summed E-state index contributed by atoms with van der Waals surface area (Å²) >= 11 is 0. The van der Waals surface area contributed by atoms with E-state index in [9.17, 15) is 0 Å². The van der Waals surface area contributed by atoms with E-state index in [0.717, 1.165) is 30.8 Å². The van der Waals surface area contributed by atoms with Crippen LogP contribution in [0.3, 0.4) is 0 Å². The molecule has 0 radical (unpaired) electrons. The molecule has 1 aliphatic heterocycles. The molecule has 0 amide bonds. The van der Waals surface area contributed by atoms with Gasteiger partial charge in [-0.05, 0) is 11.6 Å². The van der Waals surface area contributed by atoms with Crippen molar-refractivity contribution in [2.45, 2.75) is 25.6 Å². The van der Waals surface area contributed by atoms with E-state index >= 15 is 0 Å². The minimum atomic E-state index is -0.412. The second-order valence-electron chi connectivity index (χ2n) is 4.83. The lowest BCUT2D eigenvalue weighted by Crippen LogP contribution is -2.48. The van der Waals surface area contributed by atoms with Gasteiger partial charge in [0, 0.05) is 18.4 Å². The second-order valence-corrected chi connectivity index (χ2v) is 4.83. The smallest absolute Gasteiger partial charge is 0.212 e. The van der Waals surface area contributed by atoms with Crippen molar-refractivity contribution in [1.82, 2.24) is 0 Å². The molecule has 1 aliphatic rings. The van der Waals surface area contributed by atoms with E-state index in [4.69, 9.17) is 9.47 Å². The van der Waals surface area contributed by atoms with Crippen LogP contribution in [0.4, 0.5) is 0 Å². The van der Waals surface area contributed by atoms with Gasteiger partial charge >= 0.3 is 0 Å². The molecule has 0 aromatic heterocycles. The molecule has 0 aliphatic carbocycles. The van der Waals surface area contributed by atoms with E-state index in [2.05, 4.69) is 25.1 Å². The van der Waals surface area contributed by atoms with E-state index < -0.39 is 5.79 Å². The molecule has 2 heteroatoms. The molecule has 0 saturated carbocycles. The van der Waals surface area contributed by atoms with Gasteiger partial charge in [-0.1, -0.05) is 55.5 Å². The Labute approximate surface area is 114 Å². The van der Waals surface area contributed by atoms with Crippen LogP contribution in [-0.4, -0.2) is 12.4 Å². The van der Waals surface area contributed by atoms with Gasteiger partial charge < -0.3 is 9.47 Å². The van der Waals surface area contributed by atoms with E-state index in [1.807, 2.05) is 36.4 Å². The van der Waals surface area contributed by atoms with E-state index in [-0.39, 0.29) is 0 Å². The molecule has 0 bridgehead atoms. The van der Waals surface area contributed by atoms with Crippen molar-refractivity contribution in [3.63, 3.8) is 0 Å². The third kappa shape index (κ3) is 2.36. The van der Waals surface area contributed by atoms with Gasteiger partial charge in [0.1, 0.15) is 5.75 Å². The van der Waals surface area contributed by atoms with E-state index in [1.165, 1.54) is 5.56 Å². The SMILES string of the molecule is CCC1(Oc2ccccc2-c2ccccc2)CCO1. The van der Waals surface area contributed by atoms with Crippen molar-refractivity contribution in [1.29, 1.82) is 0 Å². The third-order valence-electron chi connectivity index (χ3n) is 3.65. The summed E-state index contributed by atoms with van der Waals surface area (Å²) in [7, 11) is 0. The highest BCUT2D eigenvalue weighted by Crippen LogP contribution is 2.37. The zero-order chi connectivity index (χ0) is 13.1. The zero-order valence-electron chi connectivity index (χ0n) is 11.1. The first-order valence-electron chi connectivity index (χ1n) is 6.80. The van der Waals surface area contributed by atoms with Crippen LogP contribution in [-0.2, 0) is 4.74 Å². The summed E-state index contributed by atoms with van der Waals surface area (Å²) < 4.78 is 11.8. The summed E-state index contributed by atoms with van der Waals surface area (Å²) in [4.78, 5) is 0. The van der Waals surface area contributed by atoms with Gasteiger partial charge in [0.25, 0.3) is 0 Å². The Morgan fingerprint density at radius 3 is 2.37 bits per heavy atom. The molecule has 1 fully saturated rings. The van der Waals surface area contributed by atoms with E-state index in [1.54, 1.807) is 0 Å². The Bertz CT molecular complexity index is 539. The maximum Gasteiger partial charge on any atom is 0.212 e. The minimum absolute atomic E-state index is 0.412. The van der Waals surface area contributed by atoms with Crippen LogP contribution < -0.4 is 4.74 Å². The molecule has 3 rings (SSSR count). The lowest BCUT2D eigenvalue weighted by Gasteiger charge is -2.41. The number of rotatable bonds is 4. The second kappa shape index (κ2) is 5.06. The normalized spacial score (nSPS) is 21.7. The molecular weight excluding hydrogens is 236 g/mol. The first-order chi connectivity index (χ1) is 9.33. The van der Waals surface area contributed by atoms with Gasteiger partial charge in [0.05, 0.1) is 6.61 Å². The Hall–Kier alpha value is -1.80. The fraction of sp³-hybridized carbons (Fsp3) is 0.294. The fourth-order valence-corrected chi connectivity index (χ4v) is 2.37. The molecule has 0 spiro atoms. The number of hydrogen-bond acceptors (Lipinski definition) is 2. The maximum absolute atomic E-state index is 6.15. The molecule has 1 saturated heterocycles. The van der Waals surface area contributed by atoms with Crippen LogP contribution in [0.15, 0.2) is 54.6 Å². The van der Waals surface area contributed by atoms with Crippen LogP contribution in [0.1, 0.15) is 19.8 Å².